The number of nitrogens with two attached hydrogens (primary N) is 3. The first kappa shape index (κ1) is 37.1. The lowest BCUT2D eigenvalue weighted by Gasteiger charge is -2.39. The Balaban J connectivity index is 1.36. The third kappa shape index (κ3) is 9.47. The summed E-state index contributed by atoms with van der Waals surface area (Å²) in [6, 6.07) is 11.6. The number of aryl methyl sites for hydroxylation is 1. The van der Waals surface area contributed by atoms with E-state index in [1.165, 1.54) is 30.9 Å². The molecule has 4 rings (SSSR count). The van der Waals surface area contributed by atoms with Crippen LogP contribution in [0, 0.1) is 6.92 Å². The maximum atomic E-state index is 13.6. The Bertz CT molecular complexity index is 1790. The zero-order chi connectivity index (χ0) is 35.2. The molecule has 2 amide bonds. The zero-order valence-electron chi connectivity index (χ0n) is 27.2. The first-order chi connectivity index (χ1) is 22.6. The van der Waals surface area contributed by atoms with Crippen LogP contribution in [-0.4, -0.2) is 85.3 Å². The van der Waals surface area contributed by atoms with Gasteiger partial charge in [-0.05, 0) is 70.0 Å². The Labute approximate surface area is 290 Å². The number of hydrogen-bond acceptors (Lipinski definition) is 8. The summed E-state index contributed by atoms with van der Waals surface area (Å²) < 4.78 is 35.6. The summed E-state index contributed by atoms with van der Waals surface area (Å²) in [7, 11) is -4.29. The fourth-order valence-corrected chi connectivity index (χ4v) is 7.63. The van der Waals surface area contributed by atoms with Gasteiger partial charge in [-0.3, -0.25) is 19.6 Å². The normalized spacial score (nSPS) is 14.5. The largest absolute Gasteiger partial charge is 0.489 e. The number of sulfonamides is 1. The van der Waals surface area contributed by atoms with Crippen molar-refractivity contribution in [1.82, 2.24) is 19.5 Å². The third-order valence-electron chi connectivity index (χ3n) is 7.93. The summed E-state index contributed by atoms with van der Waals surface area (Å²) in [5.74, 6) is -0.00818. The second-order valence-electron chi connectivity index (χ2n) is 12.3. The molecule has 1 fully saturated rings. The van der Waals surface area contributed by atoms with Crippen LogP contribution in [0.25, 0.3) is 10.9 Å². The number of aliphatic imine (C=N–C) groups is 1. The van der Waals surface area contributed by atoms with Gasteiger partial charge in [-0.2, -0.15) is 4.72 Å². The highest BCUT2D eigenvalue weighted by Crippen LogP contribution is 2.33. The fraction of sp³-hybridized carbons (Fsp3) is 0.438. The fourth-order valence-electron chi connectivity index (χ4n) is 5.37. The highest BCUT2D eigenvalue weighted by atomic mass is 35.5. The van der Waals surface area contributed by atoms with E-state index >= 15 is 0 Å². The molecule has 16 heteroatoms. The Morgan fingerprint density at radius 2 is 1.75 bits per heavy atom. The van der Waals surface area contributed by atoms with Crippen LogP contribution >= 0.6 is 23.2 Å². The topological polar surface area (TPSA) is 199 Å². The molecular weight excluding hydrogens is 679 g/mol. The molecule has 7 N–H and O–H groups in total. The predicted octanol–water partition coefficient (Wildman–Crippen LogP) is 2.93. The summed E-state index contributed by atoms with van der Waals surface area (Å²) in [4.78, 5) is 37.7. The lowest BCUT2D eigenvalue weighted by atomic mass is 10.0. The Hall–Kier alpha value is -3.69. The standard InChI is InChI=1S/C32H42Cl2N8O5S/c1-20-6-7-21-17-23(8-10-26(21)39-20)47-19-24-25(33)9-11-27(29(24)34)48(45,46)40-32(2,3)30(44)42-15-13-41(14-16-42)28(43)18-22(35)5-4-12-38-31(36)37/h6-11,17,22,40H,4-5,12-16,18-19,35H2,1-3H3,(H4,36,37,38)/t22-/m0/s1. The molecule has 0 radical (unpaired) electrons. The highest BCUT2D eigenvalue weighted by molar-refractivity contribution is 7.89. The second-order valence-corrected chi connectivity index (χ2v) is 14.7. The minimum absolute atomic E-state index is 0.0121. The van der Waals surface area contributed by atoms with Crippen molar-refractivity contribution in [3.8, 4) is 5.75 Å². The number of nitrogens with zero attached hydrogens (tertiary/aromatic N) is 4. The number of fused-ring (bicyclic) bond motifs is 1. The number of halogens is 2. The number of rotatable bonds is 13. The number of benzene rings is 2. The van der Waals surface area contributed by atoms with Gasteiger partial charge in [-0.15, -0.1) is 0 Å². The van der Waals surface area contributed by atoms with Crippen molar-refractivity contribution in [1.29, 1.82) is 0 Å². The van der Waals surface area contributed by atoms with Gasteiger partial charge < -0.3 is 31.7 Å². The number of carbonyl (C=O) groups excluding carboxylic acids is 2. The molecule has 1 aromatic heterocycles. The Kier molecular flexibility index (Phi) is 12.1. The van der Waals surface area contributed by atoms with Crippen LogP contribution in [0.4, 0.5) is 0 Å². The quantitative estimate of drug-likeness (QED) is 0.116. The van der Waals surface area contributed by atoms with E-state index in [0.29, 0.717) is 38.2 Å². The maximum absolute atomic E-state index is 13.6. The van der Waals surface area contributed by atoms with E-state index in [1.807, 2.05) is 31.2 Å². The number of carbonyl (C=O) groups is 2. The van der Waals surface area contributed by atoms with E-state index in [9.17, 15) is 18.0 Å². The van der Waals surface area contributed by atoms with Crippen molar-refractivity contribution >= 4 is 61.9 Å². The molecule has 0 spiro atoms. The van der Waals surface area contributed by atoms with Crippen LogP contribution in [0.15, 0.2) is 52.4 Å². The summed E-state index contributed by atoms with van der Waals surface area (Å²) >= 11 is 13.0. The van der Waals surface area contributed by atoms with Crippen LogP contribution in [0.5, 0.6) is 5.75 Å². The molecule has 3 aromatic rings. The zero-order valence-corrected chi connectivity index (χ0v) is 29.5. The average molecular weight is 722 g/mol. The van der Waals surface area contributed by atoms with E-state index in [-0.39, 0.29) is 64.5 Å². The summed E-state index contributed by atoms with van der Waals surface area (Å²) in [5, 5.41) is 0.997. The smallest absolute Gasteiger partial charge is 0.243 e. The average Bonchev–Trinajstić information content (AvgIpc) is 3.02. The van der Waals surface area contributed by atoms with Gasteiger partial charge in [0.15, 0.2) is 5.96 Å². The van der Waals surface area contributed by atoms with Crippen LogP contribution in [0.3, 0.4) is 0 Å². The molecule has 0 bridgehead atoms. The van der Waals surface area contributed by atoms with E-state index in [0.717, 1.165) is 16.6 Å². The minimum atomic E-state index is -4.29. The van der Waals surface area contributed by atoms with E-state index in [2.05, 4.69) is 14.7 Å². The molecule has 1 saturated heterocycles. The molecule has 2 aromatic carbocycles. The van der Waals surface area contributed by atoms with Gasteiger partial charge in [0.05, 0.1) is 10.5 Å². The molecule has 48 heavy (non-hydrogen) atoms. The number of ether oxygens (including phenoxy) is 1. The number of nitrogens with one attached hydrogen (secondary N) is 1. The van der Waals surface area contributed by atoms with Gasteiger partial charge in [0.25, 0.3) is 0 Å². The lowest BCUT2D eigenvalue weighted by molar-refractivity contribution is -0.142. The second kappa shape index (κ2) is 15.7. The SMILES string of the molecule is Cc1ccc2cc(OCc3c(Cl)ccc(S(=O)(=O)NC(C)(C)C(=O)N4CCN(C(=O)C[C@@H](N)CCCN=C(N)N)CC4)c3Cl)ccc2n1. The predicted molar refractivity (Wildman–Crippen MR) is 187 cm³/mol. The summed E-state index contributed by atoms with van der Waals surface area (Å²) in [5.41, 5.74) is 17.2. The molecular formula is C32H42Cl2N8O5S. The number of pyridine rings is 1. The molecule has 0 unspecified atom stereocenters. The lowest BCUT2D eigenvalue weighted by Crippen LogP contribution is -2.60. The van der Waals surface area contributed by atoms with Crippen LogP contribution < -0.4 is 26.7 Å². The maximum Gasteiger partial charge on any atom is 0.243 e. The number of amides is 2. The molecule has 1 atom stereocenters. The monoisotopic (exact) mass is 720 g/mol. The molecule has 260 valence electrons. The van der Waals surface area contributed by atoms with E-state index < -0.39 is 21.5 Å². The number of piperazine rings is 1. The molecule has 1 aliphatic heterocycles. The Morgan fingerprint density at radius 3 is 2.44 bits per heavy atom. The van der Waals surface area contributed by atoms with Gasteiger partial charge >= 0.3 is 0 Å². The summed E-state index contributed by atoms with van der Waals surface area (Å²) in [6.45, 7) is 6.29. The highest BCUT2D eigenvalue weighted by Gasteiger charge is 2.39. The van der Waals surface area contributed by atoms with Gasteiger partial charge in [0.1, 0.15) is 22.8 Å². The molecule has 13 nitrogen and oxygen atoms in total. The van der Waals surface area contributed by atoms with Crippen molar-refractivity contribution in [2.75, 3.05) is 32.7 Å². The van der Waals surface area contributed by atoms with Gasteiger partial charge in [-0.25, -0.2) is 8.42 Å². The van der Waals surface area contributed by atoms with Crippen LogP contribution in [0.1, 0.15) is 44.4 Å². The molecule has 2 heterocycles. The van der Waals surface area contributed by atoms with Crippen molar-refractivity contribution in [3.05, 3.63) is 63.8 Å². The third-order valence-corrected chi connectivity index (χ3v) is 10.5. The van der Waals surface area contributed by atoms with E-state index in [1.54, 1.807) is 11.0 Å². The summed E-state index contributed by atoms with van der Waals surface area (Å²) in [6.07, 6.45) is 1.40. The molecule has 0 saturated carbocycles. The Morgan fingerprint density at radius 1 is 1.06 bits per heavy atom. The van der Waals surface area contributed by atoms with Crippen molar-refractivity contribution < 1.29 is 22.7 Å². The minimum Gasteiger partial charge on any atom is -0.489 e. The van der Waals surface area contributed by atoms with E-state index in [4.69, 9.17) is 45.1 Å². The number of guanidine groups is 1. The first-order valence-electron chi connectivity index (χ1n) is 15.5. The molecule has 1 aliphatic rings. The van der Waals surface area contributed by atoms with Crippen molar-refractivity contribution in [3.63, 3.8) is 0 Å². The number of aromatic nitrogens is 1. The van der Waals surface area contributed by atoms with Gasteiger partial charge in [-0.1, -0.05) is 29.3 Å². The van der Waals surface area contributed by atoms with Gasteiger partial charge in [0, 0.05) is 66.9 Å². The molecule has 0 aliphatic carbocycles. The van der Waals surface area contributed by atoms with Gasteiger partial charge in [0.2, 0.25) is 21.8 Å². The first-order valence-corrected chi connectivity index (χ1v) is 17.7. The van der Waals surface area contributed by atoms with Crippen molar-refractivity contribution in [2.45, 2.75) is 63.1 Å². The number of hydrogen-bond donors (Lipinski definition) is 4. The van der Waals surface area contributed by atoms with Crippen molar-refractivity contribution in [2.24, 2.45) is 22.2 Å². The van der Waals surface area contributed by atoms with Crippen LogP contribution in [0.2, 0.25) is 10.0 Å². The van der Waals surface area contributed by atoms with Crippen LogP contribution in [-0.2, 0) is 26.2 Å².